The van der Waals surface area contributed by atoms with Crippen LogP contribution < -0.4 is 5.56 Å². The van der Waals surface area contributed by atoms with E-state index in [1.807, 2.05) is 0 Å². The van der Waals surface area contributed by atoms with Crippen molar-refractivity contribution in [3.8, 4) is 0 Å². The van der Waals surface area contributed by atoms with E-state index in [1.165, 1.54) is 41.2 Å². The van der Waals surface area contributed by atoms with Gasteiger partial charge in [0.2, 0.25) is 5.78 Å². The summed E-state index contributed by atoms with van der Waals surface area (Å²) in [5.74, 6) is -4.86. The molecule has 0 unspecified atom stereocenters. The van der Waals surface area contributed by atoms with Crippen LogP contribution in [0.1, 0.15) is 21.7 Å². The van der Waals surface area contributed by atoms with E-state index in [-0.39, 0.29) is 23.0 Å². The monoisotopic (exact) mass is 440 g/mol. The third-order valence-corrected chi connectivity index (χ3v) is 5.11. The van der Waals surface area contributed by atoms with E-state index >= 15 is 0 Å². The van der Waals surface area contributed by atoms with Gasteiger partial charge < -0.3 is 14.5 Å². The van der Waals surface area contributed by atoms with Gasteiger partial charge in [0.1, 0.15) is 34.6 Å². The van der Waals surface area contributed by atoms with E-state index in [9.17, 15) is 27.2 Å². The molecule has 0 saturated carbocycles. The van der Waals surface area contributed by atoms with Gasteiger partial charge in [-0.1, -0.05) is 0 Å². The number of hydrogen-bond acceptors (Lipinski definition) is 3. The number of imidazole rings is 1. The molecule has 0 spiro atoms. The molecule has 0 amide bonds. The number of carbonyl (C=O) groups excluding carboxylic acids is 1. The van der Waals surface area contributed by atoms with E-state index < -0.39 is 40.2 Å². The summed E-state index contributed by atoms with van der Waals surface area (Å²) in [6, 6.07) is 6.34. The molecule has 160 valence electrons. The van der Waals surface area contributed by atoms with Crippen LogP contribution in [0, 0.1) is 23.3 Å². The minimum Gasteiger partial charge on any atom is -0.356 e. The van der Waals surface area contributed by atoms with E-state index in [0.717, 1.165) is 0 Å². The highest BCUT2D eigenvalue weighted by atomic mass is 19.1. The van der Waals surface area contributed by atoms with E-state index in [0.29, 0.717) is 29.0 Å². The van der Waals surface area contributed by atoms with Crippen LogP contribution in [0.25, 0.3) is 21.9 Å². The molecule has 0 aliphatic heterocycles. The Morgan fingerprint density at radius 1 is 1.00 bits per heavy atom. The smallest absolute Gasteiger partial charge is 0.275 e. The number of halogens is 4. The molecule has 3 aromatic heterocycles. The topological polar surface area (TPSA) is 83.5 Å². The number of carbonyl (C=O) groups is 1. The number of H-pyrrole nitrogens is 2. The Morgan fingerprint density at radius 3 is 2.50 bits per heavy atom. The molecule has 6 nitrogen and oxygen atoms in total. The highest BCUT2D eigenvalue weighted by molar-refractivity contribution is 6.16. The Labute approximate surface area is 176 Å². The number of ketones is 1. The average Bonchev–Trinajstić information content (AvgIpc) is 3.33. The summed E-state index contributed by atoms with van der Waals surface area (Å²) in [6.07, 6.45) is 2.57. The Morgan fingerprint density at radius 2 is 1.75 bits per heavy atom. The lowest BCUT2D eigenvalue weighted by molar-refractivity contribution is 0.103. The highest BCUT2D eigenvalue weighted by Crippen LogP contribution is 2.23. The average molecular weight is 440 g/mol. The Balaban J connectivity index is 1.53. The third kappa shape index (κ3) is 3.16. The first-order chi connectivity index (χ1) is 15.3. The molecule has 0 atom stereocenters. The number of fused-ring (bicyclic) bond motifs is 2. The summed E-state index contributed by atoms with van der Waals surface area (Å²) in [5, 5.41) is 0.158. The molecular formula is C22H12F4N4O2. The van der Waals surface area contributed by atoms with Crippen LogP contribution in [0.3, 0.4) is 0 Å². The van der Waals surface area contributed by atoms with Crippen molar-refractivity contribution >= 4 is 27.7 Å². The number of nitrogens with zero attached hydrogens (tertiary/aromatic N) is 2. The Hall–Kier alpha value is -4.21. The molecule has 3 heterocycles. The fraction of sp³-hybridized carbons (Fsp3) is 0.0455. The van der Waals surface area contributed by atoms with E-state index in [2.05, 4.69) is 15.0 Å². The van der Waals surface area contributed by atoms with Gasteiger partial charge in [-0.3, -0.25) is 9.59 Å². The summed E-state index contributed by atoms with van der Waals surface area (Å²) in [5.41, 5.74) is -0.495. The van der Waals surface area contributed by atoms with Crippen molar-refractivity contribution in [2.75, 3.05) is 0 Å². The van der Waals surface area contributed by atoms with E-state index in [1.54, 1.807) is 0 Å². The Bertz CT molecular complexity index is 1580. The predicted octanol–water partition coefficient (Wildman–Crippen LogP) is 4.04. The first kappa shape index (κ1) is 19.7. The maximum absolute atomic E-state index is 14.0. The summed E-state index contributed by atoms with van der Waals surface area (Å²) in [7, 11) is 0. The van der Waals surface area contributed by atoms with Gasteiger partial charge in [-0.15, -0.1) is 0 Å². The molecule has 0 radical (unpaired) electrons. The van der Waals surface area contributed by atoms with Crippen molar-refractivity contribution in [3.63, 3.8) is 0 Å². The number of aromatic nitrogens is 4. The van der Waals surface area contributed by atoms with Crippen molar-refractivity contribution in [3.05, 3.63) is 99.4 Å². The Kier molecular flexibility index (Phi) is 4.43. The largest absolute Gasteiger partial charge is 0.356 e. The second kappa shape index (κ2) is 7.19. The summed E-state index contributed by atoms with van der Waals surface area (Å²) in [4.78, 5) is 35.5. The molecule has 32 heavy (non-hydrogen) atoms. The maximum Gasteiger partial charge on any atom is 0.275 e. The fourth-order valence-corrected chi connectivity index (χ4v) is 3.64. The third-order valence-electron chi connectivity index (χ3n) is 5.11. The molecule has 5 rings (SSSR count). The van der Waals surface area contributed by atoms with E-state index in [4.69, 9.17) is 0 Å². The summed E-state index contributed by atoms with van der Waals surface area (Å²) >= 11 is 0. The van der Waals surface area contributed by atoms with Crippen molar-refractivity contribution < 1.29 is 22.4 Å². The number of nitrogens with one attached hydrogen (secondary N) is 2. The molecule has 0 aliphatic rings. The van der Waals surface area contributed by atoms with Crippen molar-refractivity contribution in [1.82, 2.24) is 19.5 Å². The maximum atomic E-state index is 14.0. The van der Waals surface area contributed by atoms with Gasteiger partial charge in [0.15, 0.2) is 0 Å². The zero-order valence-corrected chi connectivity index (χ0v) is 16.0. The first-order valence-corrected chi connectivity index (χ1v) is 9.36. The number of benzene rings is 2. The van der Waals surface area contributed by atoms with Gasteiger partial charge in [0.25, 0.3) is 5.56 Å². The zero-order valence-electron chi connectivity index (χ0n) is 16.0. The molecule has 2 aromatic carbocycles. The predicted molar refractivity (Wildman–Crippen MR) is 107 cm³/mol. The van der Waals surface area contributed by atoms with Gasteiger partial charge in [-0.05, 0) is 24.3 Å². The van der Waals surface area contributed by atoms with Crippen molar-refractivity contribution in [2.45, 2.75) is 6.54 Å². The van der Waals surface area contributed by atoms with Crippen LogP contribution in [-0.2, 0) is 6.54 Å². The van der Waals surface area contributed by atoms with Gasteiger partial charge in [-0.25, -0.2) is 22.5 Å². The molecular weight excluding hydrogens is 428 g/mol. The number of pyridine rings is 1. The lowest BCUT2D eigenvalue weighted by Gasteiger charge is -2.05. The lowest BCUT2D eigenvalue weighted by Crippen LogP contribution is -2.20. The standard InChI is InChI=1S/C22H12F4N4O2/c23-10-1-2-16-17(7-10)29-18(28-16)9-30-4-3-12-13(8-27-20(12)22(30)32)21(31)19-14(25)5-11(24)6-15(19)26/h1-8,27H,9H2,(H,28,29). The molecule has 0 aliphatic carbocycles. The molecule has 0 saturated heterocycles. The second-order valence-corrected chi connectivity index (χ2v) is 7.16. The van der Waals surface area contributed by atoms with Gasteiger partial charge in [-0.2, -0.15) is 0 Å². The van der Waals surface area contributed by atoms with Gasteiger partial charge in [0, 0.05) is 35.5 Å². The molecule has 10 heteroatoms. The molecule has 5 aromatic rings. The summed E-state index contributed by atoms with van der Waals surface area (Å²) < 4.78 is 55.9. The first-order valence-electron chi connectivity index (χ1n) is 9.36. The number of aromatic amines is 2. The molecule has 2 N–H and O–H groups in total. The van der Waals surface area contributed by atoms with Gasteiger partial charge >= 0.3 is 0 Å². The summed E-state index contributed by atoms with van der Waals surface area (Å²) in [6.45, 7) is 0.0363. The number of rotatable bonds is 4. The van der Waals surface area contributed by atoms with Crippen LogP contribution in [0.2, 0.25) is 0 Å². The van der Waals surface area contributed by atoms with Gasteiger partial charge in [0.05, 0.1) is 23.1 Å². The SMILES string of the molecule is O=C(c1c(F)cc(F)cc1F)c1c[nH]c2c(=O)n(Cc3nc4ccc(F)cc4[nH]3)ccc12. The van der Waals surface area contributed by atoms with Crippen LogP contribution in [0.5, 0.6) is 0 Å². The van der Waals surface area contributed by atoms with Crippen LogP contribution in [0.15, 0.2) is 53.6 Å². The normalized spacial score (nSPS) is 11.5. The van der Waals surface area contributed by atoms with Crippen LogP contribution >= 0.6 is 0 Å². The van der Waals surface area contributed by atoms with Crippen molar-refractivity contribution in [1.29, 1.82) is 0 Å². The van der Waals surface area contributed by atoms with Crippen LogP contribution in [-0.4, -0.2) is 25.3 Å². The second-order valence-electron chi connectivity index (χ2n) is 7.16. The fourth-order valence-electron chi connectivity index (χ4n) is 3.64. The highest BCUT2D eigenvalue weighted by Gasteiger charge is 2.24. The van der Waals surface area contributed by atoms with Crippen LogP contribution in [0.4, 0.5) is 17.6 Å². The quantitative estimate of drug-likeness (QED) is 0.327. The molecule has 0 bridgehead atoms. The lowest BCUT2D eigenvalue weighted by atomic mass is 10.0. The molecule has 0 fully saturated rings. The zero-order chi connectivity index (χ0) is 22.6. The van der Waals surface area contributed by atoms with Crippen molar-refractivity contribution in [2.24, 2.45) is 0 Å². The number of hydrogen-bond donors (Lipinski definition) is 2. The minimum absolute atomic E-state index is 0.0363. The minimum atomic E-state index is -1.34.